The quantitative estimate of drug-likeness (QED) is 0.130. The van der Waals surface area contributed by atoms with Crippen molar-refractivity contribution in [2.75, 3.05) is 51.0 Å². The molecule has 12 nitrogen and oxygen atoms in total. The van der Waals surface area contributed by atoms with Gasteiger partial charge in [-0.15, -0.1) is 0 Å². The standard InChI is InChI=1S/C35H42N6O5.C3H5N.C2H6.CH3IS/c1-24(26-19-33(42)40(22-26)21-25-6-9-29(44-5)10-7-25)45-32-18-27(23-41-31(32)12-13-37-41)30-11-8-28(20-36-30)38-14-16-39(17-15-38)34(43)46-35(2,3)4;1-2-3-4;1-2;1-3-2/h6-13,18,20,23-24,26H,14-17,19,21-22H2,1-5H3;2-4H,1H2;1-2H3;1H3. The smallest absolute Gasteiger partial charge is 0.410 e. The van der Waals surface area contributed by atoms with Gasteiger partial charge in [-0.2, -0.15) is 5.10 Å². The van der Waals surface area contributed by atoms with E-state index in [-0.39, 0.29) is 24.0 Å². The van der Waals surface area contributed by atoms with Crippen LogP contribution in [0.2, 0.25) is 0 Å². The number of carbonyl (C=O) groups is 2. The van der Waals surface area contributed by atoms with Gasteiger partial charge in [0.25, 0.3) is 0 Å². The zero-order valence-corrected chi connectivity index (χ0v) is 36.3. The van der Waals surface area contributed by atoms with Gasteiger partial charge in [0.15, 0.2) is 0 Å². The number of aromatic nitrogens is 3. The van der Waals surface area contributed by atoms with E-state index in [2.05, 4.69) is 43.8 Å². The molecule has 2 unspecified atom stereocenters. The molecule has 3 aromatic heterocycles. The van der Waals surface area contributed by atoms with Crippen LogP contribution in [0.25, 0.3) is 16.8 Å². The lowest BCUT2D eigenvalue weighted by Gasteiger charge is -2.36. The molecule has 55 heavy (non-hydrogen) atoms. The Kier molecular flexibility index (Phi) is 18.3. The SMILES string of the molecule is C=CC=N.CC.COc1ccc(CN2CC(C(C)Oc3cc(-c4ccc(N5CCN(C(=O)OC(C)(C)C)CC5)cn4)cn4nccc34)CC2=O)cc1.CSI. The van der Waals surface area contributed by atoms with Gasteiger partial charge < -0.3 is 34.3 Å². The number of hydrogen-bond donors (Lipinski definition) is 1. The predicted molar refractivity (Wildman–Crippen MR) is 233 cm³/mol. The molecule has 1 N–H and O–H groups in total. The number of carbonyl (C=O) groups excluding carboxylic acids is 2. The molecule has 14 heteroatoms. The number of ether oxygens (including phenoxy) is 3. The highest BCUT2D eigenvalue weighted by molar-refractivity contribution is 14.2. The van der Waals surface area contributed by atoms with E-state index in [1.807, 2.05) is 108 Å². The molecule has 2 atom stereocenters. The van der Waals surface area contributed by atoms with Crippen LogP contribution in [0.1, 0.15) is 53.5 Å². The molecule has 2 amide bonds. The first-order chi connectivity index (χ1) is 26.4. The van der Waals surface area contributed by atoms with E-state index in [9.17, 15) is 9.59 Å². The number of rotatable bonds is 9. The van der Waals surface area contributed by atoms with Crippen LogP contribution >= 0.6 is 30.1 Å². The Hall–Kier alpha value is -4.31. The van der Waals surface area contributed by atoms with Crippen molar-refractivity contribution in [2.45, 2.75) is 66.2 Å². The van der Waals surface area contributed by atoms with Crippen molar-refractivity contribution in [3.63, 3.8) is 0 Å². The minimum absolute atomic E-state index is 0.0607. The van der Waals surface area contributed by atoms with Gasteiger partial charge in [-0.05, 0) is 97.1 Å². The first kappa shape index (κ1) is 45.1. The lowest BCUT2D eigenvalue weighted by molar-refractivity contribution is -0.128. The number of halogens is 1. The summed E-state index contributed by atoms with van der Waals surface area (Å²) in [5, 5.41) is 10.7. The average Bonchev–Trinajstić information content (AvgIpc) is 3.82. The second-order valence-electron chi connectivity index (χ2n) is 13.6. The van der Waals surface area contributed by atoms with Gasteiger partial charge in [-0.3, -0.25) is 9.78 Å². The van der Waals surface area contributed by atoms with E-state index >= 15 is 0 Å². The largest absolute Gasteiger partial charge is 0.497 e. The Morgan fingerprint density at radius 3 is 2.33 bits per heavy atom. The summed E-state index contributed by atoms with van der Waals surface area (Å²) in [4.78, 5) is 36.0. The van der Waals surface area contributed by atoms with Gasteiger partial charge >= 0.3 is 6.09 Å². The fraction of sp³-hybridized carbons (Fsp3) is 0.439. The normalized spacial score (nSPS) is 15.7. The maximum absolute atomic E-state index is 12.9. The van der Waals surface area contributed by atoms with Gasteiger partial charge in [0.1, 0.15) is 28.7 Å². The zero-order chi connectivity index (χ0) is 40.5. The van der Waals surface area contributed by atoms with Crippen molar-refractivity contribution in [3.8, 4) is 22.8 Å². The first-order valence-corrected chi connectivity index (χ1v) is 22.2. The maximum Gasteiger partial charge on any atom is 0.410 e. The van der Waals surface area contributed by atoms with E-state index in [0.717, 1.165) is 40.0 Å². The third kappa shape index (κ3) is 13.4. The van der Waals surface area contributed by atoms with Gasteiger partial charge in [-0.1, -0.05) is 47.6 Å². The molecule has 2 saturated heterocycles. The molecule has 0 saturated carbocycles. The van der Waals surface area contributed by atoms with E-state index in [1.165, 1.54) is 6.08 Å². The van der Waals surface area contributed by atoms with Gasteiger partial charge in [0.2, 0.25) is 5.91 Å². The summed E-state index contributed by atoms with van der Waals surface area (Å²) in [6, 6.07) is 15.8. The molecule has 0 spiro atoms. The summed E-state index contributed by atoms with van der Waals surface area (Å²) in [6.07, 6.45) is 10.1. The summed E-state index contributed by atoms with van der Waals surface area (Å²) in [5.41, 5.74) is 4.10. The van der Waals surface area contributed by atoms with Crippen LogP contribution in [-0.4, -0.2) is 100 Å². The third-order valence-electron chi connectivity index (χ3n) is 8.68. The molecule has 298 valence electrons. The lowest BCUT2D eigenvalue weighted by atomic mass is 10.0. The van der Waals surface area contributed by atoms with E-state index in [1.54, 1.807) is 31.7 Å². The van der Waals surface area contributed by atoms with Crippen molar-refractivity contribution in [2.24, 2.45) is 5.92 Å². The van der Waals surface area contributed by atoms with Crippen LogP contribution < -0.4 is 14.4 Å². The molecule has 0 bridgehead atoms. The summed E-state index contributed by atoms with van der Waals surface area (Å²) < 4.78 is 19.1. The van der Waals surface area contributed by atoms with Gasteiger partial charge in [0, 0.05) is 69.6 Å². The minimum atomic E-state index is -0.509. The molecule has 5 heterocycles. The topological polar surface area (TPSA) is 126 Å². The van der Waals surface area contributed by atoms with E-state index in [4.69, 9.17) is 24.6 Å². The van der Waals surface area contributed by atoms with Crippen LogP contribution in [0.15, 0.2) is 79.8 Å². The molecule has 6 rings (SSSR count). The summed E-state index contributed by atoms with van der Waals surface area (Å²) >= 11 is 2.20. The van der Waals surface area contributed by atoms with Gasteiger partial charge in [-0.25, -0.2) is 9.31 Å². The fourth-order valence-electron chi connectivity index (χ4n) is 5.97. The molecule has 0 aliphatic carbocycles. The summed E-state index contributed by atoms with van der Waals surface area (Å²) in [7, 11) is 3.36. The molecule has 0 radical (unpaired) electrons. The summed E-state index contributed by atoms with van der Waals surface area (Å²) in [5.74, 6) is 1.69. The maximum atomic E-state index is 12.9. The summed E-state index contributed by atoms with van der Waals surface area (Å²) in [6.45, 7) is 18.7. The molecule has 2 aliphatic rings. The first-order valence-electron chi connectivity index (χ1n) is 18.4. The van der Waals surface area contributed by atoms with Crippen molar-refractivity contribution in [3.05, 3.63) is 85.3 Å². The van der Waals surface area contributed by atoms with E-state index in [0.29, 0.717) is 51.4 Å². The minimum Gasteiger partial charge on any atom is -0.497 e. The number of likely N-dealkylation sites (tertiary alicyclic amines) is 1. The highest BCUT2D eigenvalue weighted by atomic mass is 127. The number of benzene rings is 1. The Morgan fingerprint density at radius 1 is 1.11 bits per heavy atom. The van der Waals surface area contributed by atoms with Crippen LogP contribution in [0.3, 0.4) is 0 Å². The number of methoxy groups -OCH3 is 1. The highest BCUT2D eigenvalue weighted by Gasteiger charge is 2.34. The second kappa shape index (κ2) is 22.3. The predicted octanol–water partition coefficient (Wildman–Crippen LogP) is 8.83. The number of nitrogens with zero attached hydrogens (tertiary/aromatic N) is 6. The number of hydrogen-bond acceptors (Lipinski definition) is 10. The number of allylic oxidation sites excluding steroid dienone is 1. The third-order valence-corrected chi connectivity index (χ3v) is 8.68. The molecule has 1 aromatic carbocycles. The molecule has 4 aromatic rings. The number of amides is 2. The Morgan fingerprint density at radius 2 is 1.76 bits per heavy atom. The number of fused-ring (bicyclic) bond motifs is 1. The van der Waals surface area contributed by atoms with Crippen LogP contribution in [-0.2, 0) is 16.1 Å². The zero-order valence-electron chi connectivity index (χ0n) is 33.3. The van der Waals surface area contributed by atoms with Crippen LogP contribution in [0.5, 0.6) is 11.5 Å². The Labute approximate surface area is 342 Å². The van der Waals surface area contributed by atoms with E-state index < -0.39 is 5.60 Å². The van der Waals surface area contributed by atoms with Crippen LogP contribution in [0, 0.1) is 11.3 Å². The van der Waals surface area contributed by atoms with Crippen molar-refractivity contribution in [1.29, 1.82) is 5.41 Å². The van der Waals surface area contributed by atoms with Gasteiger partial charge in [0.05, 0.1) is 30.9 Å². The second-order valence-corrected chi connectivity index (χ2v) is 16.5. The van der Waals surface area contributed by atoms with Crippen molar-refractivity contribution >= 4 is 59.6 Å². The number of nitrogens with one attached hydrogen (secondary N) is 1. The van der Waals surface area contributed by atoms with Crippen molar-refractivity contribution < 1.29 is 23.8 Å². The number of piperazine rings is 1. The Bertz CT molecular complexity index is 1800. The lowest BCUT2D eigenvalue weighted by Crippen LogP contribution is -2.50. The number of pyridine rings is 2. The molecular weight excluding hydrogens is 829 g/mol. The molecule has 2 aliphatic heterocycles. The van der Waals surface area contributed by atoms with Crippen molar-refractivity contribution in [1.82, 2.24) is 24.4 Å². The Balaban J connectivity index is 0.000000824. The fourth-order valence-corrected chi connectivity index (χ4v) is 5.97. The number of anilines is 1. The monoisotopic (exact) mass is 885 g/mol. The average molecular weight is 886 g/mol. The van der Waals surface area contributed by atoms with Crippen LogP contribution in [0.4, 0.5) is 10.5 Å². The molecular formula is C41H56IN7O5S. The molecule has 2 fully saturated rings. The highest BCUT2D eigenvalue weighted by Crippen LogP contribution is 2.32.